The maximum atomic E-state index is 2.39. The van der Waals surface area contributed by atoms with Crippen LogP contribution in [0.5, 0.6) is 0 Å². The van der Waals surface area contributed by atoms with Gasteiger partial charge >= 0.3 is 0 Å². The first kappa shape index (κ1) is 13.0. The van der Waals surface area contributed by atoms with Gasteiger partial charge in [-0.3, -0.25) is 0 Å². The van der Waals surface area contributed by atoms with Crippen LogP contribution in [0.3, 0.4) is 0 Å². The predicted octanol–water partition coefficient (Wildman–Crippen LogP) is 3.15. The zero-order valence-electron chi connectivity index (χ0n) is 10.6. The fourth-order valence-corrected chi connectivity index (χ4v) is 1.54. The number of hydrogen-bond acceptors (Lipinski definition) is 0. The molecular formula is C12H28N+. The number of rotatable bonds is 5. The van der Waals surface area contributed by atoms with E-state index in [0.29, 0.717) is 0 Å². The van der Waals surface area contributed by atoms with Crippen molar-refractivity contribution in [3.8, 4) is 0 Å². The van der Waals surface area contributed by atoms with E-state index < -0.39 is 0 Å². The molecule has 0 aromatic rings. The Kier molecular flexibility index (Phi) is 4.98. The molecule has 0 aliphatic heterocycles. The summed E-state index contributed by atoms with van der Waals surface area (Å²) in [7, 11) is 4.67. The minimum absolute atomic E-state index is 0.728. The lowest BCUT2D eigenvalue weighted by Crippen LogP contribution is -2.49. The van der Waals surface area contributed by atoms with Gasteiger partial charge in [-0.15, -0.1) is 0 Å². The van der Waals surface area contributed by atoms with Crippen LogP contribution in [0.2, 0.25) is 0 Å². The Hall–Kier alpha value is -0.0400. The smallest absolute Gasteiger partial charge is 0.0829 e. The van der Waals surface area contributed by atoms with E-state index in [1.807, 2.05) is 0 Å². The lowest BCUT2D eigenvalue weighted by molar-refractivity contribution is -0.914. The highest BCUT2D eigenvalue weighted by molar-refractivity contribution is 4.60. The minimum atomic E-state index is 0.728. The summed E-state index contributed by atoms with van der Waals surface area (Å²) in [6.45, 7) is 13.0. The highest BCUT2D eigenvalue weighted by Gasteiger charge is 2.24. The molecule has 2 atom stereocenters. The molecule has 0 spiro atoms. The standard InChI is InChI=1S/C12H28N/c1-8-11(4)12(5)9-13(6,7)10(2)3/h10-12H,8-9H2,1-7H3/q+1/t11-,12?/m1/s1. The van der Waals surface area contributed by atoms with Gasteiger partial charge < -0.3 is 4.48 Å². The van der Waals surface area contributed by atoms with E-state index in [4.69, 9.17) is 0 Å². The summed E-state index contributed by atoms with van der Waals surface area (Å²) in [4.78, 5) is 0. The van der Waals surface area contributed by atoms with Gasteiger partial charge in [-0.2, -0.15) is 0 Å². The van der Waals surface area contributed by atoms with E-state index >= 15 is 0 Å². The van der Waals surface area contributed by atoms with Crippen molar-refractivity contribution >= 4 is 0 Å². The summed E-state index contributed by atoms with van der Waals surface area (Å²) < 4.78 is 1.14. The van der Waals surface area contributed by atoms with Gasteiger partial charge in [0, 0.05) is 5.92 Å². The van der Waals surface area contributed by atoms with Crippen LogP contribution < -0.4 is 0 Å². The molecule has 0 aromatic carbocycles. The number of nitrogens with zero attached hydrogens (tertiary/aromatic N) is 1. The average molecular weight is 186 g/mol. The van der Waals surface area contributed by atoms with Gasteiger partial charge in [0.1, 0.15) is 0 Å². The van der Waals surface area contributed by atoms with Crippen molar-refractivity contribution in [2.45, 2.75) is 47.1 Å². The van der Waals surface area contributed by atoms with E-state index in [2.05, 4.69) is 48.7 Å². The largest absolute Gasteiger partial charge is 0.326 e. The van der Waals surface area contributed by atoms with Crippen LogP contribution in [0.1, 0.15) is 41.0 Å². The van der Waals surface area contributed by atoms with Gasteiger partial charge in [0.25, 0.3) is 0 Å². The van der Waals surface area contributed by atoms with E-state index in [9.17, 15) is 0 Å². The second-order valence-corrected chi connectivity index (χ2v) is 5.42. The summed E-state index contributed by atoms with van der Waals surface area (Å²) in [5.74, 6) is 1.69. The Balaban J connectivity index is 4.11. The van der Waals surface area contributed by atoms with Gasteiger partial charge in [0.05, 0.1) is 26.7 Å². The molecule has 0 N–H and O–H groups in total. The van der Waals surface area contributed by atoms with E-state index in [0.717, 1.165) is 22.4 Å². The summed E-state index contributed by atoms with van der Waals surface area (Å²) >= 11 is 0. The maximum absolute atomic E-state index is 2.39. The van der Waals surface area contributed by atoms with Gasteiger partial charge in [0.2, 0.25) is 0 Å². The SMILES string of the molecule is CC[C@@H](C)C(C)C[N+](C)(C)C(C)C. The van der Waals surface area contributed by atoms with Crippen molar-refractivity contribution in [3.05, 3.63) is 0 Å². The lowest BCUT2D eigenvalue weighted by atomic mass is 9.92. The Labute approximate surface area is 84.7 Å². The fourth-order valence-electron chi connectivity index (χ4n) is 1.54. The Morgan fingerprint density at radius 3 is 1.69 bits per heavy atom. The summed E-state index contributed by atoms with van der Waals surface area (Å²) in [6.07, 6.45) is 1.30. The third-order valence-corrected chi connectivity index (χ3v) is 3.77. The molecule has 1 heteroatoms. The molecule has 0 heterocycles. The zero-order valence-corrected chi connectivity index (χ0v) is 10.6. The first-order valence-corrected chi connectivity index (χ1v) is 5.64. The molecule has 13 heavy (non-hydrogen) atoms. The molecule has 1 nitrogen and oxygen atoms in total. The maximum Gasteiger partial charge on any atom is 0.0829 e. The molecule has 0 aliphatic rings. The third kappa shape index (κ3) is 4.12. The summed E-state index contributed by atoms with van der Waals surface area (Å²) in [5, 5.41) is 0. The second-order valence-electron chi connectivity index (χ2n) is 5.42. The molecule has 0 saturated heterocycles. The summed E-state index contributed by atoms with van der Waals surface area (Å²) in [6, 6.07) is 0.728. The second kappa shape index (κ2) is 4.99. The lowest BCUT2D eigenvalue weighted by Gasteiger charge is -2.37. The van der Waals surface area contributed by atoms with Gasteiger partial charge in [-0.05, 0) is 19.8 Å². The first-order valence-electron chi connectivity index (χ1n) is 5.64. The van der Waals surface area contributed by atoms with E-state index in [1.54, 1.807) is 0 Å². The van der Waals surface area contributed by atoms with Crippen molar-refractivity contribution in [1.29, 1.82) is 0 Å². The molecule has 80 valence electrons. The topological polar surface area (TPSA) is 0 Å². The van der Waals surface area contributed by atoms with Crippen LogP contribution in [-0.4, -0.2) is 31.2 Å². The monoisotopic (exact) mass is 186 g/mol. The third-order valence-electron chi connectivity index (χ3n) is 3.77. The van der Waals surface area contributed by atoms with Crippen LogP contribution >= 0.6 is 0 Å². The van der Waals surface area contributed by atoms with Crippen molar-refractivity contribution < 1.29 is 4.48 Å². The number of quaternary nitrogens is 1. The van der Waals surface area contributed by atoms with Gasteiger partial charge in [0.15, 0.2) is 0 Å². The van der Waals surface area contributed by atoms with E-state index in [1.165, 1.54) is 13.0 Å². The van der Waals surface area contributed by atoms with Crippen molar-refractivity contribution in [2.75, 3.05) is 20.6 Å². The quantitative estimate of drug-likeness (QED) is 0.579. The first-order chi connectivity index (χ1) is 5.81. The predicted molar refractivity (Wildman–Crippen MR) is 60.7 cm³/mol. The molecule has 0 aromatic heterocycles. The van der Waals surface area contributed by atoms with Crippen LogP contribution in [0.4, 0.5) is 0 Å². The van der Waals surface area contributed by atoms with Crippen LogP contribution in [-0.2, 0) is 0 Å². The zero-order chi connectivity index (χ0) is 10.6. The van der Waals surface area contributed by atoms with Crippen molar-refractivity contribution in [2.24, 2.45) is 11.8 Å². The summed E-state index contributed by atoms with van der Waals surface area (Å²) in [5.41, 5.74) is 0. The molecule has 0 fully saturated rings. The molecule has 1 unspecified atom stereocenters. The molecular weight excluding hydrogens is 158 g/mol. The number of hydrogen-bond donors (Lipinski definition) is 0. The van der Waals surface area contributed by atoms with Gasteiger partial charge in [-0.1, -0.05) is 27.2 Å². The Morgan fingerprint density at radius 1 is 0.923 bits per heavy atom. The van der Waals surface area contributed by atoms with Gasteiger partial charge in [-0.25, -0.2) is 0 Å². The van der Waals surface area contributed by atoms with Crippen molar-refractivity contribution in [1.82, 2.24) is 0 Å². The molecule has 0 rings (SSSR count). The van der Waals surface area contributed by atoms with Crippen LogP contribution in [0.25, 0.3) is 0 Å². The molecule has 0 saturated carbocycles. The fraction of sp³-hybridized carbons (Fsp3) is 1.00. The van der Waals surface area contributed by atoms with E-state index in [-0.39, 0.29) is 0 Å². The highest BCUT2D eigenvalue weighted by Crippen LogP contribution is 2.19. The average Bonchev–Trinajstić information content (AvgIpc) is 2.01. The highest BCUT2D eigenvalue weighted by atomic mass is 15.3. The molecule has 0 amide bonds. The Morgan fingerprint density at radius 2 is 1.38 bits per heavy atom. The Bertz CT molecular complexity index is 138. The molecule has 0 radical (unpaired) electrons. The van der Waals surface area contributed by atoms with Crippen LogP contribution in [0, 0.1) is 11.8 Å². The molecule has 0 aliphatic carbocycles. The minimum Gasteiger partial charge on any atom is -0.326 e. The normalized spacial score (nSPS) is 17.5. The molecule has 0 bridgehead atoms. The van der Waals surface area contributed by atoms with Crippen molar-refractivity contribution in [3.63, 3.8) is 0 Å². The van der Waals surface area contributed by atoms with Crippen LogP contribution in [0.15, 0.2) is 0 Å².